The topological polar surface area (TPSA) is 72.6 Å². The van der Waals surface area contributed by atoms with Crippen molar-refractivity contribution in [2.45, 2.75) is 26.4 Å². The molecule has 0 aliphatic heterocycles. The molecule has 1 aromatic carbocycles. The summed E-state index contributed by atoms with van der Waals surface area (Å²) in [5, 5.41) is 9.53. The molecule has 88 valence electrons. The number of amides is 1. The lowest BCUT2D eigenvalue weighted by atomic mass is 10.1. The molecule has 1 unspecified atom stereocenters. The third-order valence-electron chi connectivity index (χ3n) is 2.23. The molecular weight excluding hydrogens is 206 g/mol. The highest BCUT2D eigenvalue weighted by Crippen LogP contribution is 2.26. The zero-order chi connectivity index (χ0) is 12.1. The number of primary amides is 1. The number of aliphatic hydroxyl groups excluding tert-OH is 1. The van der Waals surface area contributed by atoms with Crippen molar-refractivity contribution in [1.82, 2.24) is 0 Å². The summed E-state index contributed by atoms with van der Waals surface area (Å²) in [6, 6.07) is 5.56. The van der Waals surface area contributed by atoms with Crippen LogP contribution in [0.4, 0.5) is 0 Å². The Morgan fingerprint density at radius 1 is 1.56 bits per heavy atom. The highest BCUT2D eigenvalue weighted by molar-refractivity contribution is 5.73. The molecule has 0 spiro atoms. The van der Waals surface area contributed by atoms with Crippen molar-refractivity contribution >= 4 is 5.91 Å². The van der Waals surface area contributed by atoms with Crippen molar-refractivity contribution in [1.29, 1.82) is 0 Å². The Morgan fingerprint density at radius 3 is 2.81 bits per heavy atom. The average molecular weight is 223 g/mol. The van der Waals surface area contributed by atoms with Crippen LogP contribution in [-0.2, 0) is 4.79 Å². The molecule has 0 saturated heterocycles. The Balaban J connectivity index is 2.76. The second kappa shape index (κ2) is 5.51. The molecule has 0 radical (unpaired) electrons. The molecule has 1 atom stereocenters. The first-order valence-electron chi connectivity index (χ1n) is 5.20. The number of rotatable bonds is 5. The number of benzene rings is 1. The van der Waals surface area contributed by atoms with Gasteiger partial charge in [0.05, 0.1) is 19.1 Å². The van der Waals surface area contributed by atoms with E-state index in [4.69, 9.17) is 10.5 Å². The molecule has 1 rings (SSSR count). The number of ether oxygens (including phenoxy) is 1. The van der Waals surface area contributed by atoms with Crippen molar-refractivity contribution < 1.29 is 14.6 Å². The second-order valence-electron chi connectivity index (χ2n) is 3.78. The van der Waals surface area contributed by atoms with Crippen LogP contribution in [0.1, 0.15) is 30.6 Å². The van der Waals surface area contributed by atoms with Gasteiger partial charge in [-0.05, 0) is 25.5 Å². The predicted octanol–water partition coefficient (Wildman–Crippen LogP) is 1.30. The Labute approximate surface area is 95.0 Å². The Morgan fingerprint density at radius 2 is 2.25 bits per heavy atom. The third kappa shape index (κ3) is 3.55. The lowest BCUT2D eigenvalue weighted by Crippen LogP contribution is -2.15. The number of hydrogen-bond acceptors (Lipinski definition) is 3. The van der Waals surface area contributed by atoms with Crippen molar-refractivity contribution in [2.75, 3.05) is 6.61 Å². The summed E-state index contributed by atoms with van der Waals surface area (Å²) in [6.45, 7) is 3.84. The minimum atomic E-state index is -0.593. The van der Waals surface area contributed by atoms with Crippen molar-refractivity contribution in [2.24, 2.45) is 5.73 Å². The lowest BCUT2D eigenvalue weighted by molar-refractivity contribution is -0.118. The predicted molar refractivity (Wildman–Crippen MR) is 61.1 cm³/mol. The summed E-state index contributed by atoms with van der Waals surface area (Å²) in [4.78, 5) is 10.6. The molecule has 1 amide bonds. The monoisotopic (exact) mass is 223 g/mol. The van der Waals surface area contributed by atoms with Crippen LogP contribution < -0.4 is 10.5 Å². The number of carbonyl (C=O) groups excluding carboxylic acids is 1. The summed E-state index contributed by atoms with van der Waals surface area (Å²) in [5.74, 6) is 0.211. The molecule has 0 saturated carbocycles. The summed E-state index contributed by atoms with van der Waals surface area (Å²) in [5.41, 5.74) is 6.77. The lowest BCUT2D eigenvalue weighted by Gasteiger charge is -2.13. The van der Waals surface area contributed by atoms with Crippen molar-refractivity contribution in [3.8, 4) is 5.75 Å². The Hall–Kier alpha value is -1.55. The first-order chi connectivity index (χ1) is 7.50. The summed E-state index contributed by atoms with van der Waals surface area (Å²) in [6.07, 6.45) is -0.420. The van der Waals surface area contributed by atoms with Crippen LogP contribution in [0.15, 0.2) is 18.2 Å². The maximum atomic E-state index is 10.6. The minimum Gasteiger partial charge on any atom is -0.493 e. The van der Waals surface area contributed by atoms with Crippen LogP contribution in [0.5, 0.6) is 5.75 Å². The summed E-state index contributed by atoms with van der Waals surface area (Å²) in [7, 11) is 0. The van der Waals surface area contributed by atoms with Gasteiger partial charge in [-0.25, -0.2) is 0 Å². The van der Waals surface area contributed by atoms with Crippen LogP contribution >= 0.6 is 0 Å². The number of aryl methyl sites for hydroxylation is 1. The van der Waals surface area contributed by atoms with Crippen LogP contribution in [0.25, 0.3) is 0 Å². The van der Waals surface area contributed by atoms with Gasteiger partial charge >= 0.3 is 0 Å². The quantitative estimate of drug-likeness (QED) is 0.790. The molecule has 3 N–H and O–H groups in total. The van der Waals surface area contributed by atoms with Crippen molar-refractivity contribution in [3.63, 3.8) is 0 Å². The van der Waals surface area contributed by atoms with E-state index < -0.39 is 12.0 Å². The Bertz CT molecular complexity index is 375. The van der Waals surface area contributed by atoms with Crippen LogP contribution in [0, 0.1) is 6.92 Å². The van der Waals surface area contributed by atoms with Gasteiger partial charge in [-0.2, -0.15) is 0 Å². The normalized spacial score (nSPS) is 12.2. The number of nitrogens with two attached hydrogens (primary N) is 1. The first-order valence-corrected chi connectivity index (χ1v) is 5.20. The van der Waals surface area contributed by atoms with E-state index in [1.807, 2.05) is 25.1 Å². The maximum absolute atomic E-state index is 10.6. The largest absolute Gasteiger partial charge is 0.493 e. The zero-order valence-electron chi connectivity index (χ0n) is 9.56. The molecule has 0 aliphatic rings. The smallest absolute Gasteiger partial charge is 0.220 e. The second-order valence-corrected chi connectivity index (χ2v) is 3.78. The van der Waals surface area contributed by atoms with Gasteiger partial charge in [-0.1, -0.05) is 12.1 Å². The molecule has 4 heteroatoms. The van der Waals surface area contributed by atoms with E-state index in [-0.39, 0.29) is 13.0 Å². The molecule has 4 nitrogen and oxygen atoms in total. The average Bonchev–Trinajstić information content (AvgIpc) is 2.16. The molecular formula is C12H17NO3. The summed E-state index contributed by atoms with van der Waals surface area (Å²) >= 11 is 0. The molecule has 0 fully saturated rings. The maximum Gasteiger partial charge on any atom is 0.220 e. The van der Waals surface area contributed by atoms with E-state index in [2.05, 4.69) is 0 Å². The zero-order valence-corrected chi connectivity index (χ0v) is 9.56. The fraction of sp³-hybridized carbons (Fsp3) is 0.417. The van der Waals surface area contributed by atoms with E-state index in [0.29, 0.717) is 5.75 Å². The van der Waals surface area contributed by atoms with Gasteiger partial charge in [0.1, 0.15) is 5.75 Å². The fourth-order valence-electron chi connectivity index (χ4n) is 1.37. The highest BCUT2D eigenvalue weighted by atomic mass is 16.5. The highest BCUT2D eigenvalue weighted by Gasteiger charge is 2.09. The van der Waals surface area contributed by atoms with E-state index in [1.165, 1.54) is 0 Å². The van der Waals surface area contributed by atoms with Gasteiger partial charge < -0.3 is 15.6 Å². The first kappa shape index (κ1) is 12.5. The van der Waals surface area contributed by atoms with Gasteiger partial charge in [-0.15, -0.1) is 0 Å². The molecule has 0 aliphatic carbocycles. The van der Waals surface area contributed by atoms with Crippen LogP contribution in [0.3, 0.4) is 0 Å². The molecule has 0 heterocycles. The van der Waals surface area contributed by atoms with E-state index >= 15 is 0 Å². The molecule has 0 bridgehead atoms. The summed E-state index contributed by atoms with van der Waals surface area (Å²) < 4.78 is 5.43. The van der Waals surface area contributed by atoms with Gasteiger partial charge in [0.25, 0.3) is 0 Å². The van der Waals surface area contributed by atoms with Gasteiger partial charge in [0.2, 0.25) is 5.91 Å². The minimum absolute atomic E-state index is 0.174. The number of carbonyl (C=O) groups is 1. The SMILES string of the molecule is Cc1ccc(C(C)O)c(OCCC(N)=O)c1. The number of hydrogen-bond donors (Lipinski definition) is 2. The van der Waals surface area contributed by atoms with Gasteiger partial charge in [-0.3, -0.25) is 4.79 Å². The van der Waals surface area contributed by atoms with Gasteiger partial charge in [0, 0.05) is 5.56 Å². The van der Waals surface area contributed by atoms with Crippen LogP contribution in [-0.4, -0.2) is 17.6 Å². The number of aliphatic hydroxyl groups is 1. The van der Waals surface area contributed by atoms with Gasteiger partial charge in [0.15, 0.2) is 0 Å². The van der Waals surface area contributed by atoms with E-state index in [9.17, 15) is 9.90 Å². The molecule has 0 aromatic heterocycles. The standard InChI is InChI=1S/C12H17NO3/c1-8-3-4-10(9(2)14)11(7-8)16-6-5-12(13)15/h3-4,7,9,14H,5-6H2,1-2H3,(H2,13,15). The Kier molecular flexibility index (Phi) is 4.31. The van der Waals surface area contributed by atoms with Crippen LogP contribution in [0.2, 0.25) is 0 Å². The fourth-order valence-corrected chi connectivity index (χ4v) is 1.37. The third-order valence-corrected chi connectivity index (χ3v) is 2.23. The molecule has 1 aromatic rings. The van der Waals surface area contributed by atoms with Crippen molar-refractivity contribution in [3.05, 3.63) is 29.3 Å². The van der Waals surface area contributed by atoms with E-state index in [1.54, 1.807) is 6.92 Å². The van der Waals surface area contributed by atoms with E-state index in [0.717, 1.165) is 11.1 Å². The molecule has 16 heavy (non-hydrogen) atoms.